The first-order valence-corrected chi connectivity index (χ1v) is 8.28. The highest BCUT2D eigenvalue weighted by molar-refractivity contribution is 6.08. The quantitative estimate of drug-likeness (QED) is 0.440. The predicted molar refractivity (Wildman–Crippen MR) is 96.7 cm³/mol. The summed E-state index contributed by atoms with van der Waals surface area (Å²) in [5.41, 5.74) is 3.17. The molecule has 114 valence electrons. The van der Waals surface area contributed by atoms with Crippen LogP contribution in [0.3, 0.4) is 0 Å². The van der Waals surface area contributed by atoms with Crippen LogP contribution in [-0.4, -0.2) is 9.97 Å². The van der Waals surface area contributed by atoms with E-state index in [-0.39, 0.29) is 0 Å². The lowest BCUT2D eigenvalue weighted by Gasteiger charge is -2.18. The van der Waals surface area contributed by atoms with E-state index in [0.717, 1.165) is 0 Å². The minimum absolute atomic E-state index is 1.25. The number of hydrogen-bond acceptors (Lipinski definition) is 1. The number of aromatic nitrogens is 2. The molecule has 0 amide bonds. The van der Waals surface area contributed by atoms with Crippen LogP contribution in [0.5, 0.6) is 0 Å². The summed E-state index contributed by atoms with van der Waals surface area (Å²) in [4.78, 5) is 6.42. The van der Waals surface area contributed by atoms with E-state index in [1.165, 1.54) is 47.2 Å². The van der Waals surface area contributed by atoms with Gasteiger partial charge in [-0.3, -0.25) is 0 Å². The number of aryl methyl sites for hydroxylation is 2. The highest BCUT2D eigenvalue weighted by atomic mass is 14.8. The Hall–Kier alpha value is -2.61. The van der Waals surface area contributed by atoms with Crippen LogP contribution in [-0.2, 0) is 12.8 Å². The van der Waals surface area contributed by atoms with Crippen LogP contribution in [0.2, 0.25) is 0 Å². The highest BCUT2D eigenvalue weighted by Gasteiger charge is 2.13. The van der Waals surface area contributed by atoms with Gasteiger partial charge >= 0.3 is 0 Å². The van der Waals surface area contributed by atoms with Crippen molar-refractivity contribution in [3.05, 3.63) is 78.4 Å². The normalized spacial score (nSPS) is 13.4. The van der Waals surface area contributed by atoms with Crippen LogP contribution < -0.4 is 0 Å². The lowest BCUT2D eigenvalue weighted by molar-refractivity contribution is 0.690. The Balaban J connectivity index is 0.000000233. The third kappa shape index (κ3) is 2.72. The van der Waals surface area contributed by atoms with E-state index < -0.39 is 0 Å². The number of imidazole rings is 1. The molecule has 0 unspecified atom stereocenters. The number of hydrogen-bond donors (Lipinski definition) is 1. The van der Waals surface area contributed by atoms with Gasteiger partial charge in [0.05, 0.1) is 6.33 Å². The van der Waals surface area contributed by atoms with Crippen molar-refractivity contribution in [1.82, 2.24) is 9.97 Å². The summed E-state index contributed by atoms with van der Waals surface area (Å²) >= 11 is 0. The van der Waals surface area contributed by atoms with Gasteiger partial charge in [-0.25, -0.2) is 4.98 Å². The summed E-state index contributed by atoms with van der Waals surface area (Å²) in [5, 5.41) is 5.64. The second-order valence-electron chi connectivity index (χ2n) is 6.05. The minimum atomic E-state index is 1.25. The van der Waals surface area contributed by atoms with E-state index in [0.29, 0.717) is 0 Å². The Morgan fingerprint density at radius 3 is 2.48 bits per heavy atom. The summed E-state index contributed by atoms with van der Waals surface area (Å²) in [6.45, 7) is 0. The van der Waals surface area contributed by atoms with Crippen LogP contribution in [0, 0.1) is 0 Å². The van der Waals surface area contributed by atoms with E-state index >= 15 is 0 Å². The van der Waals surface area contributed by atoms with E-state index in [4.69, 9.17) is 0 Å². The summed E-state index contributed by atoms with van der Waals surface area (Å²) in [7, 11) is 0. The van der Waals surface area contributed by atoms with Crippen molar-refractivity contribution in [2.75, 3.05) is 0 Å². The monoisotopic (exact) mass is 300 g/mol. The average Bonchev–Trinajstić information content (AvgIpc) is 3.21. The number of nitrogens with zero attached hydrogens (tertiary/aromatic N) is 1. The molecule has 1 aliphatic rings. The molecule has 0 bridgehead atoms. The van der Waals surface area contributed by atoms with Crippen LogP contribution in [0.1, 0.15) is 24.0 Å². The van der Waals surface area contributed by atoms with Gasteiger partial charge in [0.25, 0.3) is 0 Å². The molecule has 0 saturated heterocycles. The average molecular weight is 300 g/mol. The lowest BCUT2D eigenvalue weighted by atomic mass is 9.86. The van der Waals surface area contributed by atoms with Crippen LogP contribution >= 0.6 is 0 Å². The van der Waals surface area contributed by atoms with Gasteiger partial charge in [-0.15, -0.1) is 0 Å². The Morgan fingerprint density at radius 1 is 0.783 bits per heavy atom. The fourth-order valence-corrected chi connectivity index (χ4v) is 3.56. The topological polar surface area (TPSA) is 28.7 Å². The highest BCUT2D eigenvalue weighted by Crippen LogP contribution is 2.33. The van der Waals surface area contributed by atoms with Crippen molar-refractivity contribution in [3.63, 3.8) is 0 Å². The number of benzene rings is 3. The lowest BCUT2D eigenvalue weighted by Crippen LogP contribution is -2.02. The second kappa shape index (κ2) is 6.25. The zero-order valence-electron chi connectivity index (χ0n) is 13.1. The largest absolute Gasteiger partial charge is 0.351 e. The molecular formula is C21H20N2. The zero-order chi connectivity index (χ0) is 15.5. The molecule has 23 heavy (non-hydrogen) atoms. The van der Waals surface area contributed by atoms with Gasteiger partial charge in [-0.05, 0) is 58.4 Å². The first kappa shape index (κ1) is 14.0. The molecule has 0 radical (unpaired) electrons. The third-order valence-electron chi connectivity index (χ3n) is 4.66. The zero-order valence-corrected chi connectivity index (χ0v) is 13.1. The van der Waals surface area contributed by atoms with Gasteiger partial charge in [0, 0.05) is 12.4 Å². The van der Waals surface area contributed by atoms with Crippen molar-refractivity contribution in [2.24, 2.45) is 0 Å². The molecule has 0 aliphatic heterocycles. The molecule has 1 aliphatic carbocycles. The second-order valence-corrected chi connectivity index (χ2v) is 6.05. The molecule has 2 nitrogen and oxygen atoms in total. The van der Waals surface area contributed by atoms with Crippen molar-refractivity contribution < 1.29 is 0 Å². The van der Waals surface area contributed by atoms with Gasteiger partial charge in [-0.1, -0.05) is 48.5 Å². The predicted octanol–water partition coefficient (Wildman–Crippen LogP) is 5.28. The maximum absolute atomic E-state index is 3.67. The maximum Gasteiger partial charge on any atom is 0.0919 e. The molecule has 0 atom stereocenters. The molecule has 1 aromatic heterocycles. The first-order chi connectivity index (χ1) is 11.4. The SMILES string of the molecule is c1c[nH]cn1.c1ccc2c(c1)ccc1c3c(ccc12)CCCC3. The minimum Gasteiger partial charge on any atom is -0.351 e. The summed E-state index contributed by atoms with van der Waals surface area (Å²) in [6, 6.07) is 18.0. The molecule has 0 spiro atoms. The Kier molecular flexibility index (Phi) is 3.81. The van der Waals surface area contributed by atoms with Crippen molar-refractivity contribution in [2.45, 2.75) is 25.7 Å². The van der Waals surface area contributed by atoms with Crippen LogP contribution in [0.4, 0.5) is 0 Å². The van der Waals surface area contributed by atoms with Gasteiger partial charge in [0.1, 0.15) is 0 Å². The molecule has 0 saturated carbocycles. The molecule has 1 N–H and O–H groups in total. The van der Waals surface area contributed by atoms with E-state index in [2.05, 4.69) is 58.5 Å². The van der Waals surface area contributed by atoms with Gasteiger partial charge in [-0.2, -0.15) is 0 Å². The van der Waals surface area contributed by atoms with Crippen LogP contribution in [0.25, 0.3) is 21.5 Å². The van der Waals surface area contributed by atoms with Gasteiger partial charge < -0.3 is 4.98 Å². The standard InChI is InChI=1S/C18H16.C3H4N2/c1-3-7-15-13(5-1)9-11-18-16-8-4-2-6-14(16)10-12-17(15)18;1-2-5-3-4-1/h1,3,5,7,9-12H,2,4,6,8H2;1-3H,(H,4,5). The Bertz CT molecular complexity index is 906. The van der Waals surface area contributed by atoms with Crippen molar-refractivity contribution in [3.8, 4) is 0 Å². The van der Waals surface area contributed by atoms with Crippen LogP contribution in [0.15, 0.2) is 67.3 Å². The number of aromatic amines is 1. The first-order valence-electron chi connectivity index (χ1n) is 8.28. The number of rotatable bonds is 0. The fraction of sp³-hybridized carbons (Fsp3) is 0.190. The third-order valence-corrected chi connectivity index (χ3v) is 4.66. The van der Waals surface area contributed by atoms with E-state index in [1.54, 1.807) is 29.8 Å². The van der Waals surface area contributed by atoms with E-state index in [9.17, 15) is 0 Å². The summed E-state index contributed by atoms with van der Waals surface area (Å²) < 4.78 is 0. The van der Waals surface area contributed by atoms with E-state index in [1.807, 2.05) is 0 Å². The molecule has 0 fully saturated rings. The van der Waals surface area contributed by atoms with Gasteiger partial charge in [0.15, 0.2) is 0 Å². The fourth-order valence-electron chi connectivity index (χ4n) is 3.56. The molecule has 4 aromatic rings. The number of fused-ring (bicyclic) bond motifs is 5. The number of nitrogens with one attached hydrogen (secondary N) is 1. The maximum atomic E-state index is 3.67. The molecule has 1 heterocycles. The Morgan fingerprint density at radius 2 is 1.65 bits per heavy atom. The van der Waals surface area contributed by atoms with Crippen molar-refractivity contribution in [1.29, 1.82) is 0 Å². The number of H-pyrrole nitrogens is 1. The molecular weight excluding hydrogens is 280 g/mol. The van der Waals surface area contributed by atoms with Crippen molar-refractivity contribution >= 4 is 21.5 Å². The molecule has 5 rings (SSSR count). The summed E-state index contributed by atoms with van der Waals surface area (Å²) in [5.74, 6) is 0. The summed E-state index contributed by atoms with van der Waals surface area (Å²) in [6.07, 6.45) is 10.3. The molecule has 2 heteroatoms. The Labute approximate surface area is 136 Å². The smallest absolute Gasteiger partial charge is 0.0919 e. The molecule has 3 aromatic carbocycles. The van der Waals surface area contributed by atoms with Gasteiger partial charge in [0.2, 0.25) is 0 Å².